The second-order valence-corrected chi connectivity index (χ2v) is 2.43. The predicted octanol–water partition coefficient (Wildman–Crippen LogP) is 1.41. The quantitative estimate of drug-likeness (QED) is 0.643. The number of pyridine rings is 1. The van der Waals surface area contributed by atoms with E-state index in [0.29, 0.717) is 0 Å². The van der Waals surface area contributed by atoms with E-state index in [4.69, 9.17) is 5.73 Å². The van der Waals surface area contributed by atoms with Gasteiger partial charge >= 0.3 is 6.18 Å². The highest BCUT2D eigenvalue weighted by molar-refractivity contribution is 5.32. The zero-order valence-electron chi connectivity index (χ0n) is 7.10. The van der Waals surface area contributed by atoms with Gasteiger partial charge in [0.1, 0.15) is 5.69 Å². The number of nitrogens with zero attached hydrogens (tertiary/aromatic N) is 1. The van der Waals surface area contributed by atoms with Crippen molar-refractivity contribution in [3.05, 3.63) is 29.6 Å². The molecule has 0 atom stereocenters. The Balaban J connectivity index is 3.02. The van der Waals surface area contributed by atoms with Gasteiger partial charge in [0.05, 0.1) is 12.1 Å². The Kier molecular flexibility index (Phi) is 3.10. The highest BCUT2D eigenvalue weighted by Gasteiger charge is 2.30. The summed E-state index contributed by atoms with van der Waals surface area (Å²) in [7, 11) is 0. The molecule has 0 saturated carbocycles. The van der Waals surface area contributed by atoms with Crippen LogP contribution >= 0.6 is 0 Å². The van der Waals surface area contributed by atoms with Crippen LogP contribution in [0.5, 0.6) is 0 Å². The summed E-state index contributed by atoms with van der Waals surface area (Å²) in [6, 6.07) is 1.79. The molecule has 2 nitrogen and oxygen atoms in total. The number of halogens is 3. The Bertz CT molecular complexity index is 374. The van der Waals surface area contributed by atoms with Gasteiger partial charge in [-0.05, 0) is 18.1 Å². The van der Waals surface area contributed by atoms with Gasteiger partial charge in [-0.15, -0.1) is 0 Å². The summed E-state index contributed by atoms with van der Waals surface area (Å²) in [5.74, 6) is 4.86. The molecule has 1 aromatic rings. The minimum atomic E-state index is -4.36. The summed E-state index contributed by atoms with van der Waals surface area (Å²) in [4.78, 5) is 3.66. The second kappa shape index (κ2) is 4.11. The fourth-order valence-corrected chi connectivity index (χ4v) is 0.817. The second-order valence-electron chi connectivity index (χ2n) is 2.43. The van der Waals surface area contributed by atoms with Crippen molar-refractivity contribution < 1.29 is 13.2 Å². The number of hydrogen-bond acceptors (Lipinski definition) is 2. The smallest absolute Gasteiger partial charge is 0.320 e. The molecule has 0 amide bonds. The first-order chi connectivity index (χ1) is 6.54. The van der Waals surface area contributed by atoms with Crippen molar-refractivity contribution in [3.8, 4) is 11.8 Å². The van der Waals surface area contributed by atoms with E-state index >= 15 is 0 Å². The predicted molar refractivity (Wildman–Crippen MR) is 45.2 cm³/mol. The monoisotopic (exact) mass is 200 g/mol. The molecule has 0 radical (unpaired) electrons. The van der Waals surface area contributed by atoms with E-state index < -0.39 is 11.7 Å². The lowest BCUT2D eigenvalue weighted by Gasteiger charge is -2.05. The lowest BCUT2D eigenvalue weighted by Crippen LogP contribution is -2.05. The van der Waals surface area contributed by atoms with Crippen LogP contribution in [0.15, 0.2) is 18.3 Å². The lowest BCUT2D eigenvalue weighted by atomic mass is 10.2. The summed E-state index contributed by atoms with van der Waals surface area (Å²) in [5, 5.41) is 0. The first-order valence-corrected chi connectivity index (χ1v) is 3.76. The van der Waals surface area contributed by atoms with E-state index in [1.54, 1.807) is 0 Å². The summed E-state index contributed by atoms with van der Waals surface area (Å²) < 4.78 is 36.6. The van der Waals surface area contributed by atoms with Crippen molar-refractivity contribution in [2.75, 3.05) is 6.54 Å². The van der Waals surface area contributed by atoms with Gasteiger partial charge in [0.25, 0.3) is 0 Å². The normalized spacial score (nSPS) is 10.6. The van der Waals surface area contributed by atoms with Gasteiger partial charge in [-0.3, -0.25) is 0 Å². The number of nitrogens with two attached hydrogens (primary N) is 1. The van der Waals surface area contributed by atoms with Crippen LogP contribution in [0.25, 0.3) is 0 Å². The molecule has 1 heterocycles. The van der Waals surface area contributed by atoms with E-state index in [9.17, 15) is 13.2 Å². The van der Waals surface area contributed by atoms with Gasteiger partial charge in [0, 0.05) is 6.20 Å². The summed E-state index contributed by atoms with van der Waals surface area (Å²) >= 11 is 0. The van der Waals surface area contributed by atoms with Crippen LogP contribution in [0.2, 0.25) is 0 Å². The number of rotatable bonds is 0. The number of aromatic nitrogens is 1. The molecular weight excluding hydrogens is 193 g/mol. The molecule has 0 spiro atoms. The minimum absolute atomic E-state index is 0.0743. The Labute approximate surface area is 78.9 Å². The van der Waals surface area contributed by atoms with E-state index in [1.807, 2.05) is 0 Å². The zero-order valence-corrected chi connectivity index (χ0v) is 7.10. The van der Waals surface area contributed by atoms with Crippen LogP contribution in [0, 0.1) is 11.8 Å². The van der Waals surface area contributed by atoms with E-state index in [1.165, 1.54) is 0 Å². The molecule has 1 rings (SSSR count). The van der Waals surface area contributed by atoms with Crippen molar-refractivity contribution in [3.63, 3.8) is 0 Å². The minimum Gasteiger partial charge on any atom is -0.320 e. The van der Waals surface area contributed by atoms with Gasteiger partial charge in [0.2, 0.25) is 0 Å². The van der Waals surface area contributed by atoms with Crippen LogP contribution < -0.4 is 5.73 Å². The third-order valence-corrected chi connectivity index (χ3v) is 1.41. The van der Waals surface area contributed by atoms with Crippen molar-refractivity contribution >= 4 is 0 Å². The highest BCUT2D eigenvalue weighted by atomic mass is 19.4. The maximum Gasteiger partial charge on any atom is 0.416 e. The van der Waals surface area contributed by atoms with E-state index in [0.717, 1.165) is 18.3 Å². The molecule has 0 saturated heterocycles. The average molecular weight is 200 g/mol. The average Bonchev–Trinajstić information content (AvgIpc) is 2.14. The summed E-state index contributed by atoms with van der Waals surface area (Å²) in [5.41, 5.74) is 4.40. The molecule has 74 valence electrons. The lowest BCUT2D eigenvalue weighted by molar-refractivity contribution is -0.137. The highest BCUT2D eigenvalue weighted by Crippen LogP contribution is 2.28. The zero-order chi connectivity index (χ0) is 10.6. The number of alkyl halides is 3. The fraction of sp³-hybridized carbons (Fsp3) is 0.222. The SMILES string of the molecule is NCC#Cc1cc(C(F)(F)F)ccn1. The van der Waals surface area contributed by atoms with Crippen molar-refractivity contribution in [1.29, 1.82) is 0 Å². The maximum atomic E-state index is 12.2. The Morgan fingerprint density at radius 2 is 2.14 bits per heavy atom. The third kappa shape index (κ3) is 2.75. The van der Waals surface area contributed by atoms with Gasteiger partial charge in [-0.1, -0.05) is 5.92 Å². The Morgan fingerprint density at radius 3 is 2.71 bits per heavy atom. The molecule has 1 aromatic heterocycles. The van der Waals surface area contributed by atoms with Gasteiger partial charge in [-0.2, -0.15) is 13.2 Å². The molecule has 0 aliphatic rings. The van der Waals surface area contributed by atoms with Crippen molar-refractivity contribution in [2.24, 2.45) is 5.73 Å². The summed E-state index contributed by atoms with van der Waals surface area (Å²) in [6.45, 7) is 0.0952. The first kappa shape index (κ1) is 10.5. The van der Waals surface area contributed by atoms with Crippen molar-refractivity contribution in [2.45, 2.75) is 6.18 Å². The van der Waals surface area contributed by atoms with Gasteiger partial charge in [-0.25, -0.2) is 4.98 Å². The molecule has 0 unspecified atom stereocenters. The standard InChI is InChI=1S/C9H7F3N2/c10-9(11,12)7-3-5-14-8(6-7)2-1-4-13/h3,5-6H,4,13H2. The van der Waals surface area contributed by atoms with Crippen LogP contribution in [-0.2, 0) is 6.18 Å². The molecule has 0 aromatic carbocycles. The van der Waals surface area contributed by atoms with Crippen LogP contribution in [0.3, 0.4) is 0 Å². The maximum absolute atomic E-state index is 12.2. The fourth-order valence-electron chi connectivity index (χ4n) is 0.817. The molecule has 0 aliphatic carbocycles. The first-order valence-electron chi connectivity index (χ1n) is 3.76. The van der Waals surface area contributed by atoms with Crippen LogP contribution in [-0.4, -0.2) is 11.5 Å². The number of hydrogen-bond donors (Lipinski definition) is 1. The molecule has 2 N–H and O–H groups in total. The largest absolute Gasteiger partial charge is 0.416 e. The molecule has 5 heteroatoms. The molecular formula is C9H7F3N2. The third-order valence-electron chi connectivity index (χ3n) is 1.41. The Hall–Kier alpha value is -1.54. The molecule has 0 fully saturated rings. The Morgan fingerprint density at radius 1 is 1.43 bits per heavy atom. The van der Waals surface area contributed by atoms with Crippen LogP contribution in [0.4, 0.5) is 13.2 Å². The van der Waals surface area contributed by atoms with Gasteiger partial charge < -0.3 is 5.73 Å². The molecule has 0 aliphatic heterocycles. The van der Waals surface area contributed by atoms with E-state index in [2.05, 4.69) is 16.8 Å². The van der Waals surface area contributed by atoms with E-state index in [-0.39, 0.29) is 12.2 Å². The van der Waals surface area contributed by atoms with Gasteiger partial charge in [0.15, 0.2) is 0 Å². The summed E-state index contributed by atoms with van der Waals surface area (Å²) in [6.07, 6.45) is -3.29. The molecule has 14 heavy (non-hydrogen) atoms. The topological polar surface area (TPSA) is 38.9 Å². The molecule has 0 bridgehead atoms. The van der Waals surface area contributed by atoms with Crippen LogP contribution in [0.1, 0.15) is 11.3 Å². The van der Waals surface area contributed by atoms with Crippen molar-refractivity contribution in [1.82, 2.24) is 4.98 Å².